The highest BCUT2D eigenvalue weighted by Crippen LogP contribution is 2.40. The van der Waals surface area contributed by atoms with Crippen LogP contribution in [0.2, 0.25) is 0 Å². The van der Waals surface area contributed by atoms with Gasteiger partial charge in [-0.15, -0.1) is 0 Å². The Morgan fingerprint density at radius 1 is 1.24 bits per heavy atom. The van der Waals surface area contributed by atoms with E-state index in [1.807, 2.05) is 13.8 Å². The van der Waals surface area contributed by atoms with Crippen molar-refractivity contribution in [3.63, 3.8) is 0 Å². The van der Waals surface area contributed by atoms with Crippen molar-refractivity contribution >= 4 is 11.9 Å². The summed E-state index contributed by atoms with van der Waals surface area (Å²) in [6.45, 7) is 8.49. The van der Waals surface area contributed by atoms with Gasteiger partial charge in [0.2, 0.25) is 0 Å². The lowest BCUT2D eigenvalue weighted by Gasteiger charge is -2.47. The number of nitrogens with zero attached hydrogens (tertiary/aromatic N) is 2. The molecule has 1 amide bonds. The van der Waals surface area contributed by atoms with Crippen molar-refractivity contribution in [2.45, 2.75) is 31.7 Å². The van der Waals surface area contributed by atoms with Crippen molar-refractivity contribution in [2.24, 2.45) is 0 Å². The van der Waals surface area contributed by atoms with Crippen LogP contribution in [0.15, 0.2) is 24.3 Å². The van der Waals surface area contributed by atoms with Crippen molar-refractivity contribution < 1.29 is 19.4 Å². The molecule has 0 aromatic heterocycles. The Morgan fingerprint density at radius 3 is 2.60 bits per heavy atom. The Kier molecular flexibility index (Phi) is 5.11. The van der Waals surface area contributed by atoms with Gasteiger partial charge in [0.1, 0.15) is 5.92 Å². The Labute approximate surface area is 148 Å². The molecular weight excluding hydrogens is 320 g/mol. The van der Waals surface area contributed by atoms with Crippen LogP contribution in [0.25, 0.3) is 0 Å². The topological polar surface area (TPSA) is 70.1 Å². The summed E-state index contributed by atoms with van der Waals surface area (Å²) in [5.41, 5.74) is 0.373. The van der Waals surface area contributed by atoms with Crippen LogP contribution in [0.3, 0.4) is 0 Å². The zero-order valence-electron chi connectivity index (χ0n) is 14.9. The van der Waals surface area contributed by atoms with E-state index in [2.05, 4.69) is 4.90 Å². The molecule has 2 aliphatic rings. The van der Waals surface area contributed by atoms with E-state index >= 15 is 0 Å². The predicted molar refractivity (Wildman–Crippen MR) is 93.8 cm³/mol. The average molecular weight is 346 g/mol. The van der Waals surface area contributed by atoms with Crippen LogP contribution in [-0.2, 0) is 9.53 Å². The highest BCUT2D eigenvalue weighted by Gasteiger charge is 2.48. The third-order valence-corrected chi connectivity index (χ3v) is 5.36. The first-order valence-corrected chi connectivity index (χ1v) is 8.86. The SMILES string of the molecule is CC1(C)C(C(=O)O)c2ccccc2C(=O)N1CCCN1CCOCC1. The van der Waals surface area contributed by atoms with Gasteiger partial charge >= 0.3 is 5.97 Å². The maximum atomic E-state index is 13.0. The van der Waals surface area contributed by atoms with Gasteiger partial charge in [-0.3, -0.25) is 14.5 Å². The molecule has 1 unspecified atom stereocenters. The molecule has 0 saturated carbocycles. The van der Waals surface area contributed by atoms with Crippen LogP contribution in [0.1, 0.15) is 42.1 Å². The summed E-state index contributed by atoms with van der Waals surface area (Å²) in [6, 6.07) is 7.09. The van der Waals surface area contributed by atoms with E-state index in [1.165, 1.54) is 0 Å². The van der Waals surface area contributed by atoms with Gasteiger partial charge in [-0.1, -0.05) is 18.2 Å². The lowest BCUT2D eigenvalue weighted by molar-refractivity contribution is -0.142. The Balaban J connectivity index is 1.78. The zero-order valence-corrected chi connectivity index (χ0v) is 14.9. The number of rotatable bonds is 5. The number of carboxylic acids is 1. The van der Waals surface area contributed by atoms with E-state index in [1.54, 1.807) is 29.2 Å². The van der Waals surface area contributed by atoms with E-state index in [4.69, 9.17) is 4.74 Å². The molecule has 1 fully saturated rings. The monoisotopic (exact) mass is 346 g/mol. The number of morpholine rings is 1. The van der Waals surface area contributed by atoms with Crippen LogP contribution in [0, 0.1) is 0 Å². The van der Waals surface area contributed by atoms with Crippen LogP contribution in [0.4, 0.5) is 0 Å². The molecule has 0 radical (unpaired) electrons. The largest absolute Gasteiger partial charge is 0.481 e. The summed E-state index contributed by atoms with van der Waals surface area (Å²) >= 11 is 0. The zero-order chi connectivity index (χ0) is 18.0. The minimum absolute atomic E-state index is 0.0694. The van der Waals surface area contributed by atoms with Crippen molar-refractivity contribution in [3.05, 3.63) is 35.4 Å². The van der Waals surface area contributed by atoms with Gasteiger partial charge in [0, 0.05) is 31.7 Å². The minimum atomic E-state index is -0.886. The number of amides is 1. The summed E-state index contributed by atoms with van der Waals surface area (Å²) < 4.78 is 5.35. The van der Waals surface area contributed by atoms with E-state index in [0.717, 1.165) is 39.3 Å². The number of hydrogen-bond acceptors (Lipinski definition) is 4. The van der Waals surface area contributed by atoms with Crippen LogP contribution < -0.4 is 0 Å². The van der Waals surface area contributed by atoms with E-state index in [9.17, 15) is 14.7 Å². The lowest BCUT2D eigenvalue weighted by Crippen LogP contribution is -2.57. The van der Waals surface area contributed by atoms with Gasteiger partial charge in [0.05, 0.1) is 18.8 Å². The number of carboxylic acid groups (broad SMARTS) is 1. The number of carbonyl (C=O) groups is 2. The molecule has 25 heavy (non-hydrogen) atoms. The molecule has 3 rings (SSSR count). The number of hydrogen-bond donors (Lipinski definition) is 1. The predicted octanol–water partition coefficient (Wildman–Crippen LogP) is 1.81. The molecule has 136 valence electrons. The van der Waals surface area contributed by atoms with E-state index < -0.39 is 17.4 Å². The molecule has 2 heterocycles. The minimum Gasteiger partial charge on any atom is -0.481 e. The van der Waals surface area contributed by atoms with Crippen LogP contribution in [-0.4, -0.2) is 71.7 Å². The highest BCUT2D eigenvalue weighted by molar-refractivity contribution is 6.00. The molecular formula is C19H26N2O4. The normalized spacial score (nSPS) is 23.4. The van der Waals surface area contributed by atoms with Gasteiger partial charge in [-0.2, -0.15) is 0 Å². The standard InChI is InChI=1S/C19H26N2O4/c1-19(2)16(18(23)24)14-6-3-4-7-15(14)17(22)21(19)9-5-8-20-10-12-25-13-11-20/h3-4,6-7,16H,5,8-13H2,1-2H3,(H,23,24). The molecule has 1 aromatic rings. The van der Waals surface area contributed by atoms with Gasteiger partial charge < -0.3 is 14.7 Å². The molecule has 6 nitrogen and oxygen atoms in total. The molecule has 1 atom stereocenters. The van der Waals surface area contributed by atoms with Crippen molar-refractivity contribution in [1.29, 1.82) is 0 Å². The second-order valence-electron chi connectivity index (χ2n) is 7.28. The molecule has 1 saturated heterocycles. The van der Waals surface area contributed by atoms with Crippen molar-refractivity contribution in [3.8, 4) is 0 Å². The maximum absolute atomic E-state index is 13.0. The molecule has 6 heteroatoms. The average Bonchev–Trinajstić information content (AvgIpc) is 2.58. The second-order valence-corrected chi connectivity index (χ2v) is 7.28. The Bertz CT molecular complexity index is 653. The van der Waals surface area contributed by atoms with Gasteiger partial charge in [-0.05, 0) is 31.9 Å². The highest BCUT2D eigenvalue weighted by atomic mass is 16.5. The number of fused-ring (bicyclic) bond motifs is 1. The first-order valence-electron chi connectivity index (χ1n) is 8.86. The van der Waals surface area contributed by atoms with E-state index in [-0.39, 0.29) is 5.91 Å². The van der Waals surface area contributed by atoms with Crippen molar-refractivity contribution in [1.82, 2.24) is 9.80 Å². The van der Waals surface area contributed by atoms with Crippen molar-refractivity contribution in [2.75, 3.05) is 39.4 Å². The van der Waals surface area contributed by atoms with E-state index in [0.29, 0.717) is 17.7 Å². The summed E-state index contributed by atoms with van der Waals surface area (Å²) in [5.74, 6) is -1.67. The molecule has 0 aliphatic carbocycles. The molecule has 1 aromatic carbocycles. The number of ether oxygens (including phenoxy) is 1. The fraction of sp³-hybridized carbons (Fsp3) is 0.579. The number of carbonyl (C=O) groups excluding carboxylic acids is 1. The Hall–Kier alpha value is -1.92. The molecule has 0 bridgehead atoms. The number of aliphatic carboxylic acids is 1. The first-order chi connectivity index (χ1) is 11.9. The summed E-state index contributed by atoms with van der Waals surface area (Å²) in [4.78, 5) is 29.0. The smallest absolute Gasteiger partial charge is 0.313 e. The van der Waals surface area contributed by atoms with Crippen LogP contribution in [0.5, 0.6) is 0 Å². The second kappa shape index (κ2) is 7.14. The first kappa shape index (κ1) is 17.9. The quantitative estimate of drug-likeness (QED) is 0.880. The fourth-order valence-corrected chi connectivity index (χ4v) is 3.99. The molecule has 0 spiro atoms. The third-order valence-electron chi connectivity index (χ3n) is 5.36. The Morgan fingerprint density at radius 2 is 1.92 bits per heavy atom. The third kappa shape index (κ3) is 3.41. The number of benzene rings is 1. The maximum Gasteiger partial charge on any atom is 0.313 e. The lowest BCUT2D eigenvalue weighted by atomic mass is 9.75. The van der Waals surface area contributed by atoms with Crippen LogP contribution >= 0.6 is 0 Å². The van der Waals surface area contributed by atoms with Gasteiger partial charge in [0.15, 0.2) is 0 Å². The van der Waals surface area contributed by atoms with Gasteiger partial charge in [-0.25, -0.2) is 0 Å². The fourth-order valence-electron chi connectivity index (χ4n) is 3.99. The summed E-state index contributed by atoms with van der Waals surface area (Å²) in [7, 11) is 0. The molecule has 1 N–H and O–H groups in total. The summed E-state index contributed by atoms with van der Waals surface area (Å²) in [5, 5.41) is 9.79. The molecule has 2 aliphatic heterocycles. The summed E-state index contributed by atoms with van der Waals surface area (Å²) in [6.07, 6.45) is 0.823. The van der Waals surface area contributed by atoms with Gasteiger partial charge in [0.25, 0.3) is 5.91 Å².